The van der Waals surface area contributed by atoms with Crippen molar-refractivity contribution in [3.8, 4) is 0 Å². The van der Waals surface area contributed by atoms with E-state index in [2.05, 4.69) is 265 Å². The van der Waals surface area contributed by atoms with Gasteiger partial charge in [0.1, 0.15) is 10.8 Å². The summed E-state index contributed by atoms with van der Waals surface area (Å²) in [6, 6.07) is 41.3. The predicted molar refractivity (Wildman–Crippen MR) is 494 cm³/mol. The molecule has 8 aliphatic heterocycles. The first-order valence-electron chi connectivity index (χ1n) is 44.8. The van der Waals surface area contributed by atoms with Crippen LogP contribution < -0.4 is 32.0 Å². The fraction of sp³-hybridized carbons (Fsp3) is 0.415. The van der Waals surface area contributed by atoms with Crippen molar-refractivity contribution in [3.05, 3.63) is 289 Å². The number of unbranched alkanes of at least 4 members (excludes halogenated alkanes) is 8. The van der Waals surface area contributed by atoms with Crippen LogP contribution in [0.4, 0.5) is 0 Å². The SMILES string of the molecule is CCCCC1=C(C)/C2=C(\c3ccccc3)C3=C(C)C(CCCC)(C(=O)O)C(/C=C4N=C(C(C)=C\4CCCC)/C(c4ccccc4)=c4\[nH]/c(c(CCCC)c4C)=C\C1=N2)N3.CCCCC1=C(C)/C2=C(\c3ccccc3)C3=C(C)C(CCCC)(C(=O)O)C(/C=C4N=C(C(C)=C\4CCCC)/C(c4ccccc4)=c4\[nH]/c(c(CCCC)c4C)=C\C1=N2)N3.[Pd]. The molecule has 0 spiro atoms. The van der Waals surface area contributed by atoms with Gasteiger partial charge in [0, 0.05) is 64.8 Å². The van der Waals surface area contributed by atoms with Crippen LogP contribution in [0.2, 0.25) is 0 Å². The van der Waals surface area contributed by atoms with Crippen molar-refractivity contribution < 1.29 is 40.2 Å². The van der Waals surface area contributed by atoms with Gasteiger partial charge in [0.15, 0.2) is 0 Å². The maximum Gasteiger partial charge on any atom is 0.316 e. The zero-order chi connectivity index (χ0) is 83.7. The Balaban J connectivity index is 0.000000217. The smallest absolute Gasteiger partial charge is 0.316 e. The number of fused-ring (bicyclic) bond motifs is 12. The van der Waals surface area contributed by atoms with Crippen molar-refractivity contribution in [2.45, 2.75) is 277 Å². The van der Waals surface area contributed by atoms with Gasteiger partial charge in [-0.15, -0.1) is 0 Å². The number of hydrogen-bond donors (Lipinski definition) is 6. The molecule has 14 rings (SSSR count). The number of aromatic amines is 2. The molecule has 0 aliphatic carbocycles. The van der Waals surface area contributed by atoms with Crippen LogP contribution in [0.15, 0.2) is 243 Å². The Bertz CT molecular complexity index is 5290. The molecule has 4 atom stereocenters. The Morgan fingerprint density at radius 2 is 0.664 bits per heavy atom. The molecule has 6 N–H and O–H groups in total. The molecule has 0 fully saturated rings. The quantitative estimate of drug-likeness (QED) is 0.0244. The summed E-state index contributed by atoms with van der Waals surface area (Å²) in [5, 5.41) is 35.4. The molecule has 119 heavy (non-hydrogen) atoms. The molecule has 13 heteroatoms. The van der Waals surface area contributed by atoms with Gasteiger partial charge >= 0.3 is 11.9 Å². The molecule has 12 nitrogen and oxygen atoms in total. The molecule has 0 radical (unpaired) electrons. The largest absolute Gasteiger partial charge is 0.481 e. The van der Waals surface area contributed by atoms with E-state index in [1.807, 2.05) is 12.1 Å². The number of carboxylic acid groups (broad SMARTS) is 2. The van der Waals surface area contributed by atoms with Crippen molar-refractivity contribution in [2.75, 3.05) is 0 Å². The van der Waals surface area contributed by atoms with Crippen molar-refractivity contribution >= 4 is 69.2 Å². The Morgan fingerprint density at radius 1 is 0.370 bits per heavy atom. The monoisotopic (exact) mass is 1680 g/mol. The van der Waals surface area contributed by atoms with E-state index in [4.69, 9.17) is 20.0 Å². The number of carbonyl (C=O) groups is 2. The average Bonchev–Trinajstić information content (AvgIpc) is 1.57. The zero-order valence-electron chi connectivity index (χ0n) is 73.8. The van der Waals surface area contributed by atoms with Gasteiger partial charge in [-0.05, 0) is 270 Å². The molecule has 0 amide bonds. The number of H-pyrrole nitrogens is 2. The van der Waals surface area contributed by atoms with E-state index in [9.17, 15) is 19.8 Å². The fourth-order valence-corrected chi connectivity index (χ4v) is 19.6. The molecule has 16 bridgehead atoms. The van der Waals surface area contributed by atoms with Gasteiger partial charge < -0.3 is 30.8 Å². The third-order valence-corrected chi connectivity index (χ3v) is 26.7. The van der Waals surface area contributed by atoms with Crippen molar-refractivity contribution in [3.63, 3.8) is 0 Å². The molecule has 2 aromatic heterocycles. The number of nitrogens with zero attached hydrogens (tertiary/aromatic N) is 4. The van der Waals surface area contributed by atoms with E-state index < -0.39 is 34.9 Å². The number of aliphatic carboxylic acids is 2. The van der Waals surface area contributed by atoms with Crippen LogP contribution in [0.25, 0.3) is 34.4 Å². The molecule has 0 saturated carbocycles. The zero-order valence-corrected chi connectivity index (χ0v) is 75.4. The standard InChI is InChI=1S/2C53H64N4O2.Pd/c2*1-9-13-27-39-33(5)48-46(37-23-19-17-20-24-37)49-35(7)41(29-15-11-3)44(56-49)32-45-53(52(58)59,30-16-12-4)36(8)51(57-45)47(38-25-21-18-22-26-38)50-34(6)40(28-14-10-2)43(55-50)31-42(39)54-48;/h2*17-26,31-32,45,54,57H,9-16,27-30H2,1-8H3,(H,58,59);/b2*42-31-,44-32-,48-46-,50-47-;. The van der Waals surface area contributed by atoms with Gasteiger partial charge in [-0.25, -0.2) is 20.0 Å². The summed E-state index contributed by atoms with van der Waals surface area (Å²) in [5.41, 5.74) is 31.7. The molecule has 0 saturated heterocycles. The summed E-state index contributed by atoms with van der Waals surface area (Å²) in [6.07, 6.45) is 31.7. The van der Waals surface area contributed by atoms with Crippen LogP contribution in [-0.4, -0.2) is 67.1 Å². The summed E-state index contributed by atoms with van der Waals surface area (Å²) < 4.78 is 0. The van der Waals surface area contributed by atoms with Crippen molar-refractivity contribution in [1.82, 2.24) is 20.6 Å². The molecular weight excluding hydrogens is 1560 g/mol. The second-order valence-corrected chi connectivity index (χ2v) is 34.0. The minimum atomic E-state index is -1.18. The Labute approximate surface area is 722 Å². The molecule has 10 heterocycles. The normalized spacial score (nSPS) is 23.7. The van der Waals surface area contributed by atoms with E-state index in [1.165, 1.54) is 44.5 Å². The third kappa shape index (κ3) is 17.0. The minimum Gasteiger partial charge on any atom is -0.481 e. The van der Waals surface area contributed by atoms with Gasteiger partial charge in [-0.2, -0.15) is 0 Å². The van der Waals surface area contributed by atoms with Gasteiger partial charge in [0.05, 0.1) is 68.4 Å². The van der Waals surface area contributed by atoms with Gasteiger partial charge in [0.25, 0.3) is 0 Å². The van der Waals surface area contributed by atoms with Crippen LogP contribution in [0.5, 0.6) is 0 Å². The first kappa shape index (κ1) is 88.5. The maximum absolute atomic E-state index is 14.1. The fourth-order valence-electron chi connectivity index (χ4n) is 19.6. The van der Waals surface area contributed by atoms with Crippen molar-refractivity contribution in [2.24, 2.45) is 30.8 Å². The average molecular weight is 1680 g/mol. The molecular formula is C106H128N8O4Pd. The van der Waals surface area contributed by atoms with Gasteiger partial charge in [0.2, 0.25) is 0 Å². The Kier molecular flexibility index (Phi) is 29.1. The molecule has 8 aliphatic rings. The number of aliphatic imine (C=N–C) groups is 4. The number of rotatable bonds is 30. The molecule has 4 aromatic carbocycles. The maximum atomic E-state index is 14.1. The molecule has 6 aromatic rings. The number of nitrogens with one attached hydrogen (secondary N) is 4. The molecule has 4 unspecified atom stereocenters. The van der Waals surface area contributed by atoms with E-state index in [0.29, 0.717) is 12.8 Å². The topological polar surface area (TPSA) is 180 Å². The third-order valence-electron chi connectivity index (χ3n) is 26.7. The van der Waals surface area contributed by atoms with Crippen LogP contribution in [0, 0.1) is 24.7 Å². The summed E-state index contributed by atoms with van der Waals surface area (Å²) in [5.74, 6) is -1.60. The van der Waals surface area contributed by atoms with E-state index in [-0.39, 0.29) is 20.4 Å². The predicted octanol–water partition coefficient (Wildman–Crippen LogP) is 22.8. The number of carboxylic acids is 2. The summed E-state index contributed by atoms with van der Waals surface area (Å²) >= 11 is 0. The summed E-state index contributed by atoms with van der Waals surface area (Å²) in [7, 11) is 0. The second kappa shape index (κ2) is 39.2. The van der Waals surface area contributed by atoms with Crippen LogP contribution in [0.3, 0.4) is 0 Å². The minimum absolute atomic E-state index is 0. The number of hydrogen-bond acceptors (Lipinski definition) is 8. The van der Waals surface area contributed by atoms with Gasteiger partial charge in [-0.1, -0.05) is 241 Å². The summed E-state index contributed by atoms with van der Waals surface area (Å²) in [6.45, 7) is 35.3. The number of benzene rings is 4. The van der Waals surface area contributed by atoms with Crippen LogP contribution in [-0.2, 0) is 42.9 Å². The first-order valence-corrected chi connectivity index (χ1v) is 44.8. The Morgan fingerprint density at radius 3 is 0.966 bits per heavy atom. The second-order valence-electron chi connectivity index (χ2n) is 34.0. The molecule has 626 valence electrons. The number of aromatic nitrogens is 2. The Hall–Kier alpha value is -9.80. The van der Waals surface area contributed by atoms with E-state index in [1.54, 1.807) is 0 Å². The first-order chi connectivity index (χ1) is 57.2. The van der Waals surface area contributed by atoms with Crippen LogP contribution >= 0.6 is 0 Å². The number of allylic oxidation sites excluding steroid dienone is 10. The van der Waals surface area contributed by atoms with Crippen molar-refractivity contribution in [1.29, 1.82) is 0 Å². The van der Waals surface area contributed by atoms with E-state index >= 15 is 0 Å². The van der Waals surface area contributed by atoms with Crippen LogP contribution in [0.1, 0.15) is 283 Å². The summed E-state index contributed by atoms with van der Waals surface area (Å²) in [4.78, 5) is 58.8. The van der Waals surface area contributed by atoms with Gasteiger partial charge in [-0.3, -0.25) is 9.59 Å². The van der Waals surface area contributed by atoms with E-state index in [0.717, 1.165) is 298 Å².